The number of benzene rings is 4. The van der Waals surface area contributed by atoms with E-state index in [1.54, 1.807) is 48.5 Å². The van der Waals surface area contributed by atoms with E-state index < -0.39 is 32.5 Å². The van der Waals surface area contributed by atoms with E-state index in [1.165, 1.54) is 49.6 Å². The summed E-state index contributed by atoms with van der Waals surface area (Å²) in [6.07, 6.45) is 0. The zero-order chi connectivity index (χ0) is 28.9. The Bertz CT molecular complexity index is 1720. The Balaban J connectivity index is 1.53. The molecule has 9 nitrogen and oxygen atoms in total. The number of ether oxygens (including phenoxy) is 1. The number of methoxy groups -OCH3 is 1. The van der Waals surface area contributed by atoms with Crippen LogP contribution in [0.2, 0.25) is 0 Å². The largest absolute Gasteiger partial charge is 0.497 e. The van der Waals surface area contributed by atoms with Crippen molar-refractivity contribution in [3.63, 3.8) is 0 Å². The molecule has 1 amide bonds. The summed E-state index contributed by atoms with van der Waals surface area (Å²) < 4.78 is 61.5. The van der Waals surface area contributed by atoms with Gasteiger partial charge in [0.2, 0.25) is 5.91 Å². The molecule has 4 aromatic carbocycles. The summed E-state index contributed by atoms with van der Waals surface area (Å²) in [4.78, 5) is 13.1. The Kier molecular flexibility index (Phi) is 8.46. The monoisotopic (exact) mass is 579 g/mol. The number of aryl methyl sites for hydroxylation is 2. The average molecular weight is 580 g/mol. The molecule has 0 unspecified atom stereocenters. The fraction of sp³-hybridized carbons (Fsp3) is 0.138. The van der Waals surface area contributed by atoms with Crippen molar-refractivity contribution in [3.8, 4) is 5.75 Å². The maximum atomic E-state index is 13.5. The minimum Gasteiger partial charge on any atom is -0.497 e. The van der Waals surface area contributed by atoms with E-state index in [9.17, 15) is 21.6 Å². The SMILES string of the molecule is COc1cccc(N(CC(=O)Nc2ccc(S(=O)(=O)Nc3ccc(C)c(C)c3)cc2)S(=O)(=O)c2ccccc2)c1. The van der Waals surface area contributed by atoms with Crippen LogP contribution in [-0.2, 0) is 24.8 Å². The highest BCUT2D eigenvalue weighted by Gasteiger charge is 2.27. The first-order valence-electron chi connectivity index (χ1n) is 12.2. The maximum Gasteiger partial charge on any atom is 0.264 e. The molecular formula is C29H29N3O6S2. The molecule has 0 spiro atoms. The van der Waals surface area contributed by atoms with E-state index in [-0.39, 0.29) is 15.5 Å². The van der Waals surface area contributed by atoms with Crippen LogP contribution < -0.4 is 19.1 Å². The van der Waals surface area contributed by atoms with E-state index in [0.29, 0.717) is 17.1 Å². The van der Waals surface area contributed by atoms with Gasteiger partial charge < -0.3 is 10.1 Å². The van der Waals surface area contributed by atoms with Crippen molar-refractivity contribution in [3.05, 3.63) is 108 Å². The molecule has 0 fully saturated rings. The van der Waals surface area contributed by atoms with Crippen molar-refractivity contribution >= 4 is 43.0 Å². The predicted octanol–water partition coefficient (Wildman–Crippen LogP) is 4.95. The topological polar surface area (TPSA) is 122 Å². The van der Waals surface area contributed by atoms with Gasteiger partial charge in [-0.25, -0.2) is 16.8 Å². The highest BCUT2D eigenvalue weighted by atomic mass is 32.2. The summed E-state index contributed by atoms with van der Waals surface area (Å²) in [7, 11) is -6.50. The van der Waals surface area contributed by atoms with Gasteiger partial charge in [0.1, 0.15) is 12.3 Å². The summed E-state index contributed by atoms with van der Waals surface area (Å²) in [6.45, 7) is 3.30. The van der Waals surface area contributed by atoms with Crippen LogP contribution in [0.1, 0.15) is 11.1 Å². The van der Waals surface area contributed by atoms with Crippen molar-refractivity contribution in [2.24, 2.45) is 0 Å². The number of nitrogens with one attached hydrogen (secondary N) is 2. The highest BCUT2D eigenvalue weighted by molar-refractivity contribution is 7.93. The van der Waals surface area contributed by atoms with E-state index in [4.69, 9.17) is 4.74 Å². The third-order valence-corrected chi connectivity index (χ3v) is 9.35. The molecule has 208 valence electrons. The number of carbonyl (C=O) groups excluding carboxylic acids is 1. The molecule has 40 heavy (non-hydrogen) atoms. The summed E-state index contributed by atoms with van der Waals surface area (Å²) >= 11 is 0. The number of hydrogen-bond donors (Lipinski definition) is 2. The molecule has 0 aromatic heterocycles. The minimum atomic E-state index is -4.10. The molecule has 0 saturated carbocycles. The van der Waals surface area contributed by atoms with Crippen molar-refractivity contribution < 1.29 is 26.4 Å². The zero-order valence-electron chi connectivity index (χ0n) is 22.2. The third kappa shape index (κ3) is 6.61. The molecule has 0 aliphatic rings. The van der Waals surface area contributed by atoms with E-state index in [1.807, 2.05) is 19.9 Å². The summed E-state index contributed by atoms with van der Waals surface area (Å²) in [5.41, 5.74) is 2.99. The first kappa shape index (κ1) is 28.7. The van der Waals surface area contributed by atoms with Gasteiger partial charge in [-0.3, -0.25) is 13.8 Å². The number of amides is 1. The quantitative estimate of drug-likeness (QED) is 0.274. The number of anilines is 3. The number of nitrogens with zero attached hydrogens (tertiary/aromatic N) is 1. The van der Waals surface area contributed by atoms with Crippen LogP contribution in [0.15, 0.2) is 107 Å². The molecule has 0 heterocycles. The van der Waals surface area contributed by atoms with Crippen LogP contribution in [0.5, 0.6) is 5.75 Å². The van der Waals surface area contributed by atoms with Crippen molar-refractivity contribution in [2.75, 3.05) is 28.0 Å². The highest BCUT2D eigenvalue weighted by Crippen LogP contribution is 2.27. The molecule has 0 aliphatic carbocycles. The molecule has 4 aromatic rings. The van der Waals surface area contributed by atoms with Gasteiger partial charge in [-0.1, -0.05) is 30.3 Å². The fourth-order valence-electron chi connectivity index (χ4n) is 3.87. The van der Waals surface area contributed by atoms with Gasteiger partial charge in [-0.2, -0.15) is 0 Å². The lowest BCUT2D eigenvalue weighted by Crippen LogP contribution is -2.38. The van der Waals surface area contributed by atoms with Crippen LogP contribution in [-0.4, -0.2) is 36.4 Å². The molecule has 0 aliphatic heterocycles. The van der Waals surface area contributed by atoms with Crippen LogP contribution in [0.4, 0.5) is 17.1 Å². The van der Waals surface area contributed by atoms with Gasteiger partial charge in [0.15, 0.2) is 0 Å². The van der Waals surface area contributed by atoms with E-state index in [0.717, 1.165) is 15.4 Å². The molecule has 4 rings (SSSR count). The van der Waals surface area contributed by atoms with Crippen LogP contribution >= 0.6 is 0 Å². The molecule has 0 atom stereocenters. The van der Waals surface area contributed by atoms with Crippen molar-refractivity contribution in [1.82, 2.24) is 0 Å². The number of rotatable bonds is 10. The van der Waals surface area contributed by atoms with Crippen LogP contribution in [0, 0.1) is 13.8 Å². The molecule has 0 bridgehead atoms. The van der Waals surface area contributed by atoms with E-state index in [2.05, 4.69) is 10.0 Å². The first-order valence-corrected chi connectivity index (χ1v) is 15.1. The van der Waals surface area contributed by atoms with Crippen molar-refractivity contribution in [2.45, 2.75) is 23.6 Å². The zero-order valence-corrected chi connectivity index (χ0v) is 23.8. The van der Waals surface area contributed by atoms with Crippen LogP contribution in [0.25, 0.3) is 0 Å². The number of carbonyl (C=O) groups is 1. The van der Waals surface area contributed by atoms with Gasteiger partial charge >= 0.3 is 0 Å². The van der Waals surface area contributed by atoms with Gasteiger partial charge in [0.25, 0.3) is 20.0 Å². The van der Waals surface area contributed by atoms with Gasteiger partial charge in [-0.05, 0) is 85.6 Å². The Labute approximate surface area is 234 Å². The standard InChI is InChI=1S/C29H29N3O6S2/c1-21-12-13-24(18-22(21)2)31-39(34,35)27-16-14-23(15-17-27)30-29(33)20-32(25-8-7-9-26(19-25)38-3)40(36,37)28-10-5-4-6-11-28/h4-19,31H,20H2,1-3H3,(H,30,33). The second-order valence-electron chi connectivity index (χ2n) is 9.00. The lowest BCUT2D eigenvalue weighted by atomic mass is 10.1. The lowest BCUT2D eigenvalue weighted by molar-refractivity contribution is -0.114. The smallest absolute Gasteiger partial charge is 0.264 e. The second-order valence-corrected chi connectivity index (χ2v) is 12.5. The summed E-state index contributed by atoms with van der Waals surface area (Å²) in [6, 6.07) is 25.0. The molecule has 0 radical (unpaired) electrons. The normalized spacial score (nSPS) is 11.5. The Morgan fingerprint density at radius 1 is 0.750 bits per heavy atom. The summed E-state index contributed by atoms with van der Waals surface area (Å²) in [5.74, 6) is -0.191. The third-order valence-electron chi connectivity index (χ3n) is 6.17. The molecule has 2 N–H and O–H groups in total. The Morgan fingerprint density at radius 3 is 2.08 bits per heavy atom. The number of sulfonamides is 2. The van der Waals surface area contributed by atoms with Crippen molar-refractivity contribution in [1.29, 1.82) is 0 Å². The van der Waals surface area contributed by atoms with Gasteiger partial charge in [-0.15, -0.1) is 0 Å². The minimum absolute atomic E-state index is 0.00777. The Hall–Kier alpha value is -4.35. The Morgan fingerprint density at radius 2 is 1.43 bits per heavy atom. The van der Waals surface area contributed by atoms with Gasteiger partial charge in [0.05, 0.1) is 22.6 Å². The molecule has 0 saturated heterocycles. The maximum absolute atomic E-state index is 13.5. The van der Waals surface area contributed by atoms with E-state index >= 15 is 0 Å². The second kappa shape index (κ2) is 11.8. The van der Waals surface area contributed by atoms with Gasteiger partial charge in [0, 0.05) is 17.4 Å². The molecular weight excluding hydrogens is 550 g/mol. The lowest BCUT2D eigenvalue weighted by Gasteiger charge is -2.24. The summed E-state index contributed by atoms with van der Waals surface area (Å²) in [5, 5.41) is 2.64. The predicted molar refractivity (Wildman–Crippen MR) is 156 cm³/mol. The van der Waals surface area contributed by atoms with Crippen LogP contribution in [0.3, 0.4) is 0 Å². The molecule has 11 heteroatoms. The fourth-order valence-corrected chi connectivity index (χ4v) is 6.35. The average Bonchev–Trinajstić information content (AvgIpc) is 2.94. The number of hydrogen-bond acceptors (Lipinski definition) is 6. The first-order chi connectivity index (χ1) is 19.0.